The van der Waals surface area contributed by atoms with E-state index in [1.54, 1.807) is 24.0 Å². The number of anilines is 1. The summed E-state index contributed by atoms with van der Waals surface area (Å²) in [4.78, 5) is 20.7. The maximum atomic E-state index is 13.7. The van der Waals surface area contributed by atoms with Crippen molar-refractivity contribution >= 4 is 32.5 Å². The lowest BCUT2D eigenvalue weighted by atomic mass is 10.1. The molecule has 0 saturated carbocycles. The van der Waals surface area contributed by atoms with Crippen LogP contribution in [0.4, 0.5) is 5.69 Å². The Hall–Kier alpha value is -2.88. The maximum absolute atomic E-state index is 13.7. The Morgan fingerprint density at radius 3 is 2.47 bits per heavy atom. The number of benzene rings is 2. The highest BCUT2D eigenvalue weighted by atomic mass is 32.2. The zero-order valence-corrected chi connectivity index (χ0v) is 22.0. The average Bonchev–Trinajstić information content (AvgIpc) is 3.57. The second-order valence-corrected chi connectivity index (χ2v) is 11.8. The summed E-state index contributed by atoms with van der Waals surface area (Å²) in [7, 11) is -2.42. The third-order valence-electron chi connectivity index (χ3n) is 7.39. The summed E-state index contributed by atoms with van der Waals surface area (Å²) < 4.78 is 33.9. The Bertz CT molecular complexity index is 1370. The van der Waals surface area contributed by atoms with E-state index in [1.807, 2.05) is 6.07 Å². The molecule has 1 amide bonds. The molecule has 1 N–H and O–H groups in total. The molecule has 2 fully saturated rings. The first-order chi connectivity index (χ1) is 17.3. The fourth-order valence-electron chi connectivity index (χ4n) is 5.09. The topological polar surface area (TPSA) is 85.9 Å². The summed E-state index contributed by atoms with van der Waals surface area (Å²) in [5.41, 5.74) is 4.94. The van der Waals surface area contributed by atoms with Gasteiger partial charge in [0.05, 0.1) is 18.1 Å². The minimum Gasteiger partial charge on any atom is -0.378 e. The highest BCUT2D eigenvalue weighted by Gasteiger charge is 2.33. The van der Waals surface area contributed by atoms with Crippen LogP contribution < -0.4 is 4.90 Å². The molecule has 36 heavy (non-hydrogen) atoms. The van der Waals surface area contributed by atoms with Gasteiger partial charge in [-0.1, -0.05) is 12.1 Å². The van der Waals surface area contributed by atoms with Gasteiger partial charge < -0.3 is 19.5 Å². The Morgan fingerprint density at radius 2 is 1.75 bits per heavy atom. The highest BCUT2D eigenvalue weighted by molar-refractivity contribution is 7.89. The van der Waals surface area contributed by atoms with Crippen molar-refractivity contribution in [1.29, 1.82) is 0 Å². The van der Waals surface area contributed by atoms with E-state index in [2.05, 4.69) is 41.1 Å². The standard InChI is InChI=1S/C27H34N4O4S/c1-19-6-7-21-17-25(28-24(21)16-19)23-18-22(8-9-26(23)30-10-4-5-11-30)36(33,34)29(3)20(2)27(32)31-12-14-35-15-13-31/h6-9,16-18,20,28H,4-5,10-15H2,1-3H3/t20-/m0/s1. The molecule has 2 saturated heterocycles. The van der Waals surface area contributed by atoms with Crippen LogP contribution in [0.2, 0.25) is 0 Å². The molecule has 2 aromatic carbocycles. The maximum Gasteiger partial charge on any atom is 0.243 e. The van der Waals surface area contributed by atoms with Gasteiger partial charge in [-0.25, -0.2) is 8.42 Å². The van der Waals surface area contributed by atoms with Crippen molar-refractivity contribution in [3.63, 3.8) is 0 Å². The van der Waals surface area contributed by atoms with E-state index in [4.69, 9.17) is 4.74 Å². The van der Waals surface area contributed by atoms with Gasteiger partial charge in [0.25, 0.3) is 0 Å². The second kappa shape index (κ2) is 9.88. The predicted octanol–water partition coefficient (Wildman–Crippen LogP) is 3.61. The van der Waals surface area contributed by atoms with Crippen LogP contribution in [0.5, 0.6) is 0 Å². The number of nitrogens with zero attached hydrogens (tertiary/aromatic N) is 3. The largest absolute Gasteiger partial charge is 0.378 e. The summed E-state index contributed by atoms with van der Waals surface area (Å²) in [6, 6.07) is 12.8. The zero-order valence-electron chi connectivity index (χ0n) is 21.2. The molecule has 8 nitrogen and oxygen atoms in total. The second-order valence-electron chi connectivity index (χ2n) is 9.78. The van der Waals surface area contributed by atoms with Crippen LogP contribution in [-0.4, -0.2) is 81.0 Å². The number of aromatic amines is 1. The number of sulfonamides is 1. The predicted molar refractivity (Wildman–Crippen MR) is 142 cm³/mol. The number of likely N-dealkylation sites (N-methyl/N-ethyl adjacent to an activating group) is 1. The first-order valence-electron chi connectivity index (χ1n) is 12.6. The van der Waals surface area contributed by atoms with Crippen LogP contribution in [0.15, 0.2) is 47.4 Å². The smallest absolute Gasteiger partial charge is 0.243 e. The molecule has 2 aliphatic rings. The summed E-state index contributed by atoms with van der Waals surface area (Å²) >= 11 is 0. The van der Waals surface area contributed by atoms with Gasteiger partial charge in [0.2, 0.25) is 15.9 Å². The Morgan fingerprint density at radius 1 is 1.03 bits per heavy atom. The summed E-state index contributed by atoms with van der Waals surface area (Å²) in [5.74, 6) is -0.204. The number of amides is 1. The van der Waals surface area contributed by atoms with Gasteiger partial charge in [0.1, 0.15) is 6.04 Å². The van der Waals surface area contributed by atoms with Crippen LogP contribution >= 0.6 is 0 Å². The number of H-pyrrole nitrogens is 1. The normalized spacial score (nSPS) is 17.8. The van der Waals surface area contributed by atoms with Gasteiger partial charge in [-0.2, -0.15) is 4.31 Å². The van der Waals surface area contributed by atoms with Crippen LogP contribution in [-0.2, 0) is 19.6 Å². The Labute approximate surface area is 212 Å². The molecule has 0 bridgehead atoms. The van der Waals surface area contributed by atoms with Crippen molar-refractivity contribution in [3.05, 3.63) is 48.0 Å². The van der Waals surface area contributed by atoms with Gasteiger partial charge in [-0.05, 0) is 62.6 Å². The lowest BCUT2D eigenvalue weighted by Crippen LogP contribution is -2.50. The molecule has 0 unspecified atom stereocenters. The minimum absolute atomic E-state index is 0.180. The average molecular weight is 511 g/mol. The van der Waals surface area contributed by atoms with Crippen molar-refractivity contribution in [2.45, 2.75) is 37.6 Å². The van der Waals surface area contributed by atoms with Crippen LogP contribution in [0.25, 0.3) is 22.2 Å². The molecule has 9 heteroatoms. The summed E-state index contributed by atoms with van der Waals surface area (Å²) in [5, 5.41) is 1.08. The Kier molecular flexibility index (Phi) is 6.80. The number of rotatable bonds is 6. The molecule has 0 spiro atoms. The first-order valence-corrected chi connectivity index (χ1v) is 14.0. The van der Waals surface area contributed by atoms with E-state index in [0.29, 0.717) is 26.3 Å². The quantitative estimate of drug-likeness (QED) is 0.548. The van der Waals surface area contributed by atoms with Crippen LogP contribution in [0.1, 0.15) is 25.3 Å². The van der Waals surface area contributed by atoms with E-state index >= 15 is 0 Å². The fraction of sp³-hybridized carbons (Fsp3) is 0.444. The lowest BCUT2D eigenvalue weighted by molar-refractivity contribution is -0.138. The molecule has 0 radical (unpaired) electrons. The van der Waals surface area contributed by atoms with E-state index in [0.717, 1.165) is 59.3 Å². The number of carbonyl (C=O) groups excluding carboxylic acids is 1. The number of hydrogen-bond acceptors (Lipinski definition) is 5. The van der Waals surface area contributed by atoms with Gasteiger partial charge in [-0.3, -0.25) is 4.79 Å². The number of aryl methyl sites for hydroxylation is 1. The number of morpholine rings is 1. The van der Waals surface area contributed by atoms with Crippen molar-refractivity contribution in [1.82, 2.24) is 14.2 Å². The van der Waals surface area contributed by atoms with E-state index < -0.39 is 16.1 Å². The fourth-order valence-corrected chi connectivity index (χ4v) is 6.43. The molecule has 1 atom stereocenters. The highest BCUT2D eigenvalue weighted by Crippen LogP contribution is 2.36. The summed E-state index contributed by atoms with van der Waals surface area (Å²) in [6.07, 6.45) is 2.24. The molecular weight excluding hydrogens is 476 g/mol. The number of aromatic nitrogens is 1. The van der Waals surface area contributed by atoms with Crippen LogP contribution in [0, 0.1) is 6.92 Å². The monoisotopic (exact) mass is 510 g/mol. The van der Waals surface area contributed by atoms with E-state index in [9.17, 15) is 13.2 Å². The molecular formula is C27H34N4O4S. The van der Waals surface area contributed by atoms with Crippen LogP contribution in [0.3, 0.4) is 0 Å². The molecule has 192 valence electrons. The third kappa shape index (κ3) is 4.63. The Balaban J connectivity index is 1.52. The zero-order chi connectivity index (χ0) is 25.4. The van der Waals surface area contributed by atoms with Gasteiger partial charge in [0.15, 0.2) is 0 Å². The first kappa shape index (κ1) is 24.8. The van der Waals surface area contributed by atoms with Crippen molar-refractivity contribution < 1.29 is 17.9 Å². The van der Waals surface area contributed by atoms with Gasteiger partial charge in [-0.15, -0.1) is 0 Å². The number of carbonyl (C=O) groups is 1. The molecule has 1 aromatic heterocycles. The SMILES string of the molecule is Cc1ccc2cc(-c3cc(S(=O)(=O)N(C)[C@@H](C)C(=O)N4CCOCC4)ccc3N3CCCC3)[nH]c2c1. The molecule has 3 heterocycles. The molecule has 0 aliphatic carbocycles. The molecule has 3 aromatic rings. The number of nitrogens with one attached hydrogen (secondary N) is 1. The van der Waals surface area contributed by atoms with Crippen molar-refractivity contribution in [3.8, 4) is 11.3 Å². The minimum atomic E-state index is -3.91. The number of ether oxygens (including phenoxy) is 1. The number of fused-ring (bicyclic) bond motifs is 1. The number of hydrogen-bond donors (Lipinski definition) is 1. The van der Waals surface area contributed by atoms with Crippen molar-refractivity contribution in [2.75, 3.05) is 51.3 Å². The van der Waals surface area contributed by atoms with E-state index in [-0.39, 0.29) is 10.8 Å². The summed E-state index contributed by atoms with van der Waals surface area (Å²) in [6.45, 7) is 7.50. The third-order valence-corrected chi connectivity index (χ3v) is 9.31. The van der Waals surface area contributed by atoms with Gasteiger partial charge in [0, 0.05) is 61.1 Å². The molecule has 5 rings (SSSR count). The lowest BCUT2D eigenvalue weighted by Gasteiger charge is -2.32. The molecule has 2 aliphatic heterocycles. The van der Waals surface area contributed by atoms with Gasteiger partial charge >= 0.3 is 0 Å². The van der Waals surface area contributed by atoms with Crippen molar-refractivity contribution in [2.24, 2.45) is 0 Å². The van der Waals surface area contributed by atoms with E-state index in [1.165, 1.54) is 11.4 Å².